The van der Waals surface area contributed by atoms with Crippen LogP contribution in [-0.4, -0.2) is 26.5 Å². The Labute approximate surface area is 118 Å². The first-order valence-electron chi connectivity index (χ1n) is 6.52. The molecule has 5 heteroatoms. The minimum absolute atomic E-state index is 0.134. The van der Waals surface area contributed by atoms with E-state index in [-0.39, 0.29) is 6.61 Å². The SMILES string of the molecule is CCCn1ncnc1COc1ccc(C#CCO)cc1. The second-order valence-electron chi connectivity index (χ2n) is 4.17. The van der Waals surface area contributed by atoms with Crippen LogP contribution in [0.4, 0.5) is 0 Å². The van der Waals surface area contributed by atoms with Crippen molar-refractivity contribution in [3.63, 3.8) is 0 Å². The van der Waals surface area contributed by atoms with Gasteiger partial charge in [-0.15, -0.1) is 0 Å². The number of nitrogens with zero attached hydrogens (tertiary/aromatic N) is 3. The van der Waals surface area contributed by atoms with Crippen LogP contribution in [0.3, 0.4) is 0 Å². The zero-order chi connectivity index (χ0) is 14.2. The molecule has 0 saturated carbocycles. The van der Waals surface area contributed by atoms with Crippen molar-refractivity contribution in [2.75, 3.05) is 6.61 Å². The van der Waals surface area contributed by atoms with E-state index < -0.39 is 0 Å². The highest BCUT2D eigenvalue weighted by Crippen LogP contribution is 2.13. The molecule has 0 bridgehead atoms. The van der Waals surface area contributed by atoms with Crippen molar-refractivity contribution in [3.8, 4) is 17.6 Å². The topological polar surface area (TPSA) is 60.2 Å². The number of aryl methyl sites for hydroxylation is 1. The predicted molar refractivity (Wildman–Crippen MR) is 75.1 cm³/mol. The first-order chi connectivity index (χ1) is 9.83. The quantitative estimate of drug-likeness (QED) is 0.839. The number of hydrogen-bond donors (Lipinski definition) is 1. The van der Waals surface area contributed by atoms with Gasteiger partial charge >= 0.3 is 0 Å². The van der Waals surface area contributed by atoms with Crippen molar-refractivity contribution >= 4 is 0 Å². The zero-order valence-corrected chi connectivity index (χ0v) is 11.4. The molecule has 2 rings (SSSR count). The Morgan fingerprint density at radius 1 is 1.30 bits per heavy atom. The molecule has 1 N–H and O–H groups in total. The maximum Gasteiger partial charge on any atom is 0.164 e. The van der Waals surface area contributed by atoms with E-state index in [0.29, 0.717) is 6.61 Å². The van der Waals surface area contributed by atoms with E-state index in [4.69, 9.17) is 9.84 Å². The van der Waals surface area contributed by atoms with Gasteiger partial charge in [-0.25, -0.2) is 9.67 Å². The minimum Gasteiger partial charge on any atom is -0.486 e. The molecular formula is C15H17N3O2. The summed E-state index contributed by atoms with van der Waals surface area (Å²) in [5.74, 6) is 7.01. The molecule has 0 fully saturated rings. The number of aliphatic hydroxyl groups excluding tert-OH is 1. The largest absolute Gasteiger partial charge is 0.486 e. The third kappa shape index (κ3) is 3.84. The highest BCUT2D eigenvalue weighted by atomic mass is 16.5. The average molecular weight is 271 g/mol. The van der Waals surface area contributed by atoms with Crippen molar-refractivity contribution in [3.05, 3.63) is 42.0 Å². The summed E-state index contributed by atoms with van der Waals surface area (Å²) in [7, 11) is 0. The smallest absolute Gasteiger partial charge is 0.164 e. The fourth-order valence-electron chi connectivity index (χ4n) is 1.72. The number of benzene rings is 1. The molecule has 0 aliphatic carbocycles. The molecule has 5 nitrogen and oxygen atoms in total. The molecule has 1 aromatic carbocycles. The van der Waals surface area contributed by atoms with Gasteiger partial charge in [-0.05, 0) is 30.7 Å². The Balaban J connectivity index is 1.95. The van der Waals surface area contributed by atoms with Gasteiger partial charge in [0.25, 0.3) is 0 Å². The van der Waals surface area contributed by atoms with Gasteiger partial charge in [0.15, 0.2) is 5.82 Å². The summed E-state index contributed by atoms with van der Waals surface area (Å²) in [5.41, 5.74) is 0.848. The fourth-order valence-corrected chi connectivity index (χ4v) is 1.72. The van der Waals surface area contributed by atoms with E-state index in [0.717, 1.165) is 30.1 Å². The summed E-state index contributed by atoms with van der Waals surface area (Å²) >= 11 is 0. The predicted octanol–water partition coefficient (Wildman–Crippen LogP) is 1.61. The van der Waals surface area contributed by atoms with Crippen LogP contribution in [0.2, 0.25) is 0 Å². The lowest BCUT2D eigenvalue weighted by Gasteiger charge is -2.07. The summed E-state index contributed by atoms with van der Waals surface area (Å²) in [6, 6.07) is 7.41. The molecule has 0 saturated heterocycles. The summed E-state index contributed by atoms with van der Waals surface area (Å²) in [6.45, 7) is 3.19. The minimum atomic E-state index is -0.134. The molecule has 1 aromatic heterocycles. The van der Waals surface area contributed by atoms with Crippen LogP contribution in [0.15, 0.2) is 30.6 Å². The number of aromatic nitrogens is 3. The fraction of sp³-hybridized carbons (Fsp3) is 0.333. The summed E-state index contributed by atoms with van der Waals surface area (Å²) in [5, 5.41) is 12.8. The Morgan fingerprint density at radius 3 is 2.80 bits per heavy atom. The lowest BCUT2D eigenvalue weighted by Crippen LogP contribution is -2.08. The number of rotatable bonds is 5. The molecule has 2 aromatic rings. The standard InChI is InChI=1S/C15H17N3O2/c1-2-9-18-15(16-12-17-18)11-20-14-7-5-13(6-8-14)4-3-10-19/h5-8,12,19H,2,9-11H2,1H3. The van der Waals surface area contributed by atoms with Crippen LogP contribution in [-0.2, 0) is 13.2 Å². The van der Waals surface area contributed by atoms with Crippen LogP contribution in [0, 0.1) is 11.8 Å². The average Bonchev–Trinajstić information content (AvgIpc) is 2.92. The van der Waals surface area contributed by atoms with Crippen LogP contribution < -0.4 is 4.74 Å². The maximum atomic E-state index is 8.63. The van der Waals surface area contributed by atoms with Gasteiger partial charge in [0.2, 0.25) is 0 Å². The monoisotopic (exact) mass is 271 g/mol. The molecule has 0 spiro atoms. The maximum absolute atomic E-state index is 8.63. The van der Waals surface area contributed by atoms with Gasteiger partial charge in [0.1, 0.15) is 25.3 Å². The van der Waals surface area contributed by atoms with E-state index >= 15 is 0 Å². The first-order valence-corrected chi connectivity index (χ1v) is 6.52. The van der Waals surface area contributed by atoms with Crippen LogP contribution in [0.5, 0.6) is 5.75 Å². The molecule has 104 valence electrons. The molecule has 0 aliphatic rings. The third-order valence-corrected chi connectivity index (χ3v) is 2.67. The van der Waals surface area contributed by atoms with E-state index in [9.17, 15) is 0 Å². The summed E-state index contributed by atoms with van der Waals surface area (Å²) in [4.78, 5) is 4.18. The van der Waals surface area contributed by atoms with Crippen molar-refractivity contribution in [1.82, 2.24) is 14.8 Å². The molecule has 0 radical (unpaired) electrons. The second-order valence-corrected chi connectivity index (χ2v) is 4.17. The van der Waals surface area contributed by atoms with Crippen molar-refractivity contribution in [2.45, 2.75) is 26.5 Å². The van der Waals surface area contributed by atoms with Gasteiger partial charge in [0, 0.05) is 12.1 Å². The lowest BCUT2D eigenvalue weighted by atomic mass is 10.2. The molecule has 0 atom stereocenters. The number of hydrogen-bond acceptors (Lipinski definition) is 4. The molecule has 0 aliphatic heterocycles. The van der Waals surface area contributed by atoms with Crippen LogP contribution >= 0.6 is 0 Å². The number of ether oxygens (including phenoxy) is 1. The lowest BCUT2D eigenvalue weighted by molar-refractivity contribution is 0.286. The Hall–Kier alpha value is -2.32. The van der Waals surface area contributed by atoms with Gasteiger partial charge in [-0.1, -0.05) is 18.8 Å². The Bertz CT molecular complexity index is 594. The van der Waals surface area contributed by atoms with Crippen molar-refractivity contribution in [1.29, 1.82) is 0 Å². The highest BCUT2D eigenvalue weighted by molar-refractivity contribution is 5.38. The second kappa shape index (κ2) is 7.31. The van der Waals surface area contributed by atoms with Crippen LogP contribution in [0.1, 0.15) is 24.7 Å². The molecule has 0 amide bonds. The van der Waals surface area contributed by atoms with Gasteiger partial charge in [-0.3, -0.25) is 0 Å². The molecule has 0 unspecified atom stereocenters. The zero-order valence-electron chi connectivity index (χ0n) is 11.4. The number of aliphatic hydroxyl groups is 1. The van der Waals surface area contributed by atoms with Gasteiger partial charge < -0.3 is 9.84 Å². The summed E-state index contributed by atoms with van der Waals surface area (Å²) < 4.78 is 7.52. The molecule has 1 heterocycles. The Morgan fingerprint density at radius 2 is 2.10 bits per heavy atom. The Kier molecular flexibility index (Phi) is 5.15. The van der Waals surface area contributed by atoms with Gasteiger partial charge in [0.05, 0.1) is 0 Å². The van der Waals surface area contributed by atoms with Crippen LogP contribution in [0.25, 0.3) is 0 Å². The highest BCUT2D eigenvalue weighted by Gasteiger charge is 2.04. The summed E-state index contributed by atoms with van der Waals surface area (Å²) in [6.07, 6.45) is 2.55. The van der Waals surface area contributed by atoms with Crippen molar-refractivity contribution in [2.24, 2.45) is 0 Å². The van der Waals surface area contributed by atoms with E-state index in [1.807, 2.05) is 28.9 Å². The normalized spacial score (nSPS) is 9.90. The third-order valence-electron chi connectivity index (χ3n) is 2.67. The van der Waals surface area contributed by atoms with E-state index in [2.05, 4.69) is 28.8 Å². The molecular weight excluding hydrogens is 254 g/mol. The van der Waals surface area contributed by atoms with E-state index in [1.54, 1.807) is 6.33 Å². The van der Waals surface area contributed by atoms with Crippen molar-refractivity contribution < 1.29 is 9.84 Å². The van der Waals surface area contributed by atoms with E-state index in [1.165, 1.54) is 0 Å². The first kappa shape index (κ1) is 14.1. The van der Waals surface area contributed by atoms with Gasteiger partial charge in [-0.2, -0.15) is 5.10 Å². The molecule has 20 heavy (non-hydrogen) atoms.